The first-order chi connectivity index (χ1) is 8.51. The first-order valence-corrected chi connectivity index (χ1v) is 12.8. The van der Waals surface area contributed by atoms with Gasteiger partial charge in [0.15, 0.2) is 0 Å². The van der Waals surface area contributed by atoms with E-state index in [-0.39, 0.29) is 0 Å². The molecular formula is C15H31NSSi. The van der Waals surface area contributed by atoms with Crippen LogP contribution in [0.2, 0.25) is 19.6 Å². The van der Waals surface area contributed by atoms with Crippen molar-refractivity contribution in [2.75, 3.05) is 6.54 Å². The second-order valence-electron chi connectivity index (χ2n) is 6.44. The van der Waals surface area contributed by atoms with Crippen molar-refractivity contribution in [2.45, 2.75) is 83.2 Å². The summed E-state index contributed by atoms with van der Waals surface area (Å²) in [5.74, 6) is 0. The van der Waals surface area contributed by atoms with Crippen molar-refractivity contribution in [3.8, 4) is 0 Å². The second kappa shape index (κ2) is 8.42. The van der Waals surface area contributed by atoms with Gasteiger partial charge in [-0.1, -0.05) is 45.8 Å². The number of hydrogen-bond acceptors (Lipinski definition) is 2. The Bertz CT molecular complexity index is 248. The molecule has 18 heavy (non-hydrogen) atoms. The van der Waals surface area contributed by atoms with Gasteiger partial charge in [0.05, 0.1) is 0 Å². The summed E-state index contributed by atoms with van der Waals surface area (Å²) >= 11 is 2.30. The first-order valence-electron chi connectivity index (χ1n) is 7.71. The second-order valence-corrected chi connectivity index (χ2v) is 15.9. The van der Waals surface area contributed by atoms with E-state index in [0.29, 0.717) is 0 Å². The monoisotopic (exact) mass is 285 g/mol. The lowest BCUT2D eigenvalue weighted by atomic mass is 9.98. The van der Waals surface area contributed by atoms with Gasteiger partial charge in [-0.2, -0.15) is 11.2 Å². The van der Waals surface area contributed by atoms with Gasteiger partial charge in [-0.15, -0.1) is 0 Å². The maximum atomic E-state index is 4.80. The minimum atomic E-state index is -0.930. The number of nitrogens with zero attached hydrogens (tertiary/aromatic N) is 1. The number of rotatable bonds is 7. The summed E-state index contributed by atoms with van der Waals surface area (Å²) in [6.45, 7) is 10.8. The highest BCUT2D eigenvalue weighted by molar-refractivity contribution is 8.29. The van der Waals surface area contributed by atoms with E-state index >= 15 is 0 Å². The third kappa shape index (κ3) is 7.62. The van der Waals surface area contributed by atoms with E-state index in [1.54, 1.807) is 0 Å². The van der Waals surface area contributed by atoms with Crippen LogP contribution in [0.15, 0.2) is 4.99 Å². The third-order valence-corrected chi connectivity index (χ3v) is 8.01. The van der Waals surface area contributed by atoms with Gasteiger partial charge < -0.3 is 0 Å². The van der Waals surface area contributed by atoms with Gasteiger partial charge in [0, 0.05) is 12.3 Å². The lowest BCUT2D eigenvalue weighted by Gasteiger charge is -2.28. The fraction of sp³-hybridized carbons (Fsp3) is 0.933. The Morgan fingerprint density at radius 1 is 1.11 bits per heavy atom. The highest BCUT2D eigenvalue weighted by atomic mass is 32.4. The van der Waals surface area contributed by atoms with Crippen LogP contribution in [0.4, 0.5) is 0 Å². The van der Waals surface area contributed by atoms with E-state index < -0.39 is 7.22 Å². The summed E-state index contributed by atoms with van der Waals surface area (Å²) in [5.41, 5.74) is 1.51. The van der Waals surface area contributed by atoms with Crippen LogP contribution < -0.4 is 0 Å². The van der Waals surface area contributed by atoms with Crippen LogP contribution in [0, 0.1) is 0 Å². The molecule has 0 aliphatic heterocycles. The molecule has 106 valence electrons. The zero-order chi connectivity index (χ0) is 13.4. The Morgan fingerprint density at radius 3 is 2.33 bits per heavy atom. The maximum absolute atomic E-state index is 4.80. The van der Waals surface area contributed by atoms with E-state index in [2.05, 4.69) is 37.8 Å². The van der Waals surface area contributed by atoms with Crippen molar-refractivity contribution >= 4 is 24.1 Å². The van der Waals surface area contributed by atoms with Crippen molar-refractivity contribution in [1.82, 2.24) is 0 Å². The predicted octanol–water partition coefficient (Wildman–Crippen LogP) is 5.52. The summed E-state index contributed by atoms with van der Waals surface area (Å²) < 4.78 is 0. The molecule has 0 spiro atoms. The topological polar surface area (TPSA) is 12.4 Å². The van der Waals surface area contributed by atoms with Crippen LogP contribution in [0.25, 0.3) is 0 Å². The summed E-state index contributed by atoms with van der Waals surface area (Å²) in [5, 5.41) is 0.927. The fourth-order valence-corrected chi connectivity index (χ4v) is 7.65. The van der Waals surface area contributed by atoms with Crippen molar-refractivity contribution < 1.29 is 0 Å². The van der Waals surface area contributed by atoms with Crippen molar-refractivity contribution in [1.29, 1.82) is 0 Å². The molecule has 3 heteroatoms. The van der Waals surface area contributed by atoms with E-state index in [1.807, 2.05) is 0 Å². The molecule has 0 heterocycles. The number of aliphatic imine (C=N–C) groups is 1. The van der Waals surface area contributed by atoms with Crippen LogP contribution in [0.5, 0.6) is 0 Å². The molecule has 1 saturated carbocycles. The molecule has 0 aromatic heterocycles. The largest absolute Gasteiger partial charge is 0.294 e. The van der Waals surface area contributed by atoms with Crippen molar-refractivity contribution in [3.63, 3.8) is 0 Å². The number of unbranched alkanes of at least 4 members (excludes halogenated alkanes) is 3. The van der Waals surface area contributed by atoms with Gasteiger partial charge in [-0.3, -0.25) is 4.99 Å². The minimum absolute atomic E-state index is 0.927. The molecule has 1 rings (SSSR count). The lowest BCUT2D eigenvalue weighted by Crippen LogP contribution is -2.24. The highest BCUT2D eigenvalue weighted by Gasteiger charge is 2.24. The minimum Gasteiger partial charge on any atom is -0.294 e. The molecule has 0 N–H and O–H groups in total. The highest BCUT2D eigenvalue weighted by Crippen LogP contribution is 2.33. The van der Waals surface area contributed by atoms with Crippen LogP contribution in [-0.4, -0.2) is 24.7 Å². The molecule has 0 bridgehead atoms. The van der Waals surface area contributed by atoms with E-state index in [9.17, 15) is 0 Å². The average molecular weight is 286 g/mol. The molecular weight excluding hydrogens is 254 g/mol. The standard InChI is InChI=1S/C15H31NSSi/c1-5-6-7-8-13-16-14-9-11-15(12-10-14)17-18(2,3)4/h15H,5-13H2,1-4H3. The van der Waals surface area contributed by atoms with Crippen molar-refractivity contribution in [3.05, 3.63) is 0 Å². The van der Waals surface area contributed by atoms with Gasteiger partial charge in [-0.05, 0) is 37.4 Å². The van der Waals surface area contributed by atoms with Crippen LogP contribution in [-0.2, 0) is 0 Å². The molecule has 0 aromatic carbocycles. The van der Waals surface area contributed by atoms with Gasteiger partial charge in [0.1, 0.15) is 7.22 Å². The SMILES string of the molecule is CCCCCCN=C1CCC(S[Si](C)(C)C)CC1. The smallest absolute Gasteiger partial charge is 0.108 e. The van der Waals surface area contributed by atoms with Gasteiger partial charge in [0.2, 0.25) is 0 Å². The van der Waals surface area contributed by atoms with Crippen LogP contribution in [0.1, 0.15) is 58.3 Å². The molecule has 0 aromatic rings. The Morgan fingerprint density at radius 2 is 1.78 bits per heavy atom. The molecule has 1 nitrogen and oxygen atoms in total. The third-order valence-electron chi connectivity index (χ3n) is 3.38. The van der Waals surface area contributed by atoms with E-state index in [4.69, 9.17) is 4.99 Å². The normalized spacial score (nSPS) is 21.1. The van der Waals surface area contributed by atoms with E-state index in [1.165, 1.54) is 57.1 Å². The summed E-state index contributed by atoms with van der Waals surface area (Å²) in [6, 6.07) is 0. The molecule has 0 amide bonds. The molecule has 1 aliphatic rings. The Labute approximate surface area is 119 Å². The molecule has 1 aliphatic carbocycles. The predicted molar refractivity (Wildman–Crippen MR) is 89.6 cm³/mol. The van der Waals surface area contributed by atoms with Gasteiger partial charge in [-0.25, -0.2) is 0 Å². The van der Waals surface area contributed by atoms with Crippen LogP contribution >= 0.6 is 11.2 Å². The zero-order valence-corrected chi connectivity index (χ0v) is 14.6. The maximum Gasteiger partial charge on any atom is 0.108 e. The number of hydrogen-bond donors (Lipinski definition) is 0. The summed E-state index contributed by atoms with van der Waals surface area (Å²) in [7, 11) is -0.930. The molecule has 1 fully saturated rings. The molecule has 0 unspecified atom stereocenters. The van der Waals surface area contributed by atoms with Crippen LogP contribution in [0.3, 0.4) is 0 Å². The van der Waals surface area contributed by atoms with Gasteiger partial charge in [0.25, 0.3) is 0 Å². The quantitative estimate of drug-likeness (QED) is 0.443. The first kappa shape index (κ1) is 16.3. The lowest BCUT2D eigenvalue weighted by molar-refractivity contribution is 0.658. The Balaban J connectivity index is 2.16. The molecule has 0 atom stereocenters. The zero-order valence-electron chi connectivity index (χ0n) is 12.8. The van der Waals surface area contributed by atoms with E-state index in [0.717, 1.165) is 11.8 Å². The molecule has 0 radical (unpaired) electrons. The van der Waals surface area contributed by atoms with Crippen molar-refractivity contribution in [2.24, 2.45) is 4.99 Å². The average Bonchev–Trinajstić information content (AvgIpc) is 2.29. The summed E-state index contributed by atoms with van der Waals surface area (Å²) in [6.07, 6.45) is 10.7. The summed E-state index contributed by atoms with van der Waals surface area (Å²) in [4.78, 5) is 4.80. The van der Waals surface area contributed by atoms with Gasteiger partial charge >= 0.3 is 0 Å². The molecule has 0 saturated heterocycles. The Hall–Kier alpha value is 0.237. The fourth-order valence-electron chi connectivity index (χ4n) is 2.48. The Kier molecular flexibility index (Phi) is 7.62.